The Kier molecular flexibility index (Phi) is 4.02. The monoisotopic (exact) mass is 273 g/mol. The lowest BCUT2D eigenvalue weighted by Gasteiger charge is -2.08. The Bertz CT molecular complexity index is 699. The minimum absolute atomic E-state index is 0.854. The van der Waals surface area contributed by atoms with Gasteiger partial charge in [0.2, 0.25) is 0 Å². The van der Waals surface area contributed by atoms with E-state index in [2.05, 4.69) is 85.0 Å². The molecule has 0 aliphatic carbocycles. The van der Waals surface area contributed by atoms with E-state index in [-0.39, 0.29) is 0 Å². The van der Waals surface area contributed by atoms with Crippen LogP contribution in [-0.2, 0) is 6.54 Å². The van der Waals surface area contributed by atoms with Crippen molar-refractivity contribution in [3.63, 3.8) is 0 Å². The lowest BCUT2D eigenvalue weighted by Crippen LogP contribution is -1.99. The maximum absolute atomic E-state index is 3.47. The molecular weight excluding hydrogens is 254 g/mol. The minimum atomic E-state index is 0.854. The highest BCUT2D eigenvalue weighted by Gasteiger charge is 1.98. The van der Waals surface area contributed by atoms with Gasteiger partial charge < -0.3 is 5.32 Å². The normalized spacial score (nSPS) is 10.3. The summed E-state index contributed by atoms with van der Waals surface area (Å²) in [6.45, 7) is 2.98. The molecule has 3 aromatic carbocycles. The molecule has 0 saturated carbocycles. The van der Waals surface area contributed by atoms with Crippen LogP contribution >= 0.6 is 0 Å². The van der Waals surface area contributed by atoms with Gasteiger partial charge >= 0.3 is 0 Å². The second kappa shape index (κ2) is 6.27. The number of nitrogens with one attached hydrogen (secondary N) is 1. The van der Waals surface area contributed by atoms with Crippen LogP contribution in [0.3, 0.4) is 0 Å². The topological polar surface area (TPSA) is 12.0 Å². The predicted octanol–water partition coefficient (Wildman–Crippen LogP) is 5.27. The summed E-state index contributed by atoms with van der Waals surface area (Å²) < 4.78 is 0. The van der Waals surface area contributed by atoms with Crippen LogP contribution in [0.5, 0.6) is 0 Å². The van der Waals surface area contributed by atoms with Gasteiger partial charge in [0.05, 0.1) is 0 Å². The number of benzene rings is 3. The largest absolute Gasteiger partial charge is 0.381 e. The number of aryl methyl sites for hydroxylation is 1. The molecule has 0 atom stereocenters. The van der Waals surface area contributed by atoms with E-state index in [1.165, 1.54) is 22.3 Å². The lowest BCUT2D eigenvalue weighted by molar-refractivity contribution is 1.14. The van der Waals surface area contributed by atoms with Crippen molar-refractivity contribution in [3.8, 4) is 11.1 Å². The fourth-order valence-corrected chi connectivity index (χ4v) is 2.44. The highest BCUT2D eigenvalue weighted by Crippen LogP contribution is 2.21. The molecule has 3 rings (SSSR count). The zero-order valence-corrected chi connectivity index (χ0v) is 12.2. The van der Waals surface area contributed by atoms with Crippen LogP contribution in [-0.4, -0.2) is 0 Å². The molecule has 0 spiro atoms. The van der Waals surface area contributed by atoms with E-state index in [1.807, 2.05) is 6.07 Å². The van der Waals surface area contributed by atoms with Crippen LogP contribution < -0.4 is 5.32 Å². The molecule has 3 aromatic rings. The van der Waals surface area contributed by atoms with Gasteiger partial charge in [0.1, 0.15) is 0 Å². The van der Waals surface area contributed by atoms with E-state index in [0.29, 0.717) is 0 Å². The van der Waals surface area contributed by atoms with Crippen LogP contribution in [0.2, 0.25) is 0 Å². The highest BCUT2D eigenvalue weighted by atomic mass is 14.9. The van der Waals surface area contributed by atoms with Crippen molar-refractivity contribution < 1.29 is 0 Å². The van der Waals surface area contributed by atoms with Crippen molar-refractivity contribution in [1.82, 2.24) is 0 Å². The summed E-state index contributed by atoms with van der Waals surface area (Å²) >= 11 is 0. The zero-order valence-electron chi connectivity index (χ0n) is 12.2. The average molecular weight is 273 g/mol. The summed E-state index contributed by atoms with van der Waals surface area (Å²) in [6.07, 6.45) is 0. The molecule has 0 radical (unpaired) electrons. The lowest BCUT2D eigenvalue weighted by atomic mass is 10.1. The first-order valence-corrected chi connectivity index (χ1v) is 7.26. The van der Waals surface area contributed by atoms with Crippen LogP contribution in [0.15, 0.2) is 78.9 Å². The standard InChI is InChI=1S/C20H19N/c1-16-6-5-7-17(14-16)15-21-20-12-10-19(11-13-20)18-8-3-2-4-9-18/h2-14,21H,15H2,1H3. The van der Waals surface area contributed by atoms with Gasteiger partial charge in [0, 0.05) is 12.2 Å². The van der Waals surface area contributed by atoms with Crippen molar-refractivity contribution in [2.24, 2.45) is 0 Å². The molecule has 0 aliphatic heterocycles. The molecule has 1 nitrogen and oxygen atoms in total. The predicted molar refractivity (Wildman–Crippen MR) is 90.4 cm³/mol. The van der Waals surface area contributed by atoms with E-state index >= 15 is 0 Å². The average Bonchev–Trinajstić information content (AvgIpc) is 2.54. The molecule has 0 fully saturated rings. The Balaban J connectivity index is 1.68. The number of hydrogen-bond acceptors (Lipinski definition) is 1. The Labute approximate surface area is 126 Å². The first-order chi connectivity index (χ1) is 10.3. The fourth-order valence-electron chi connectivity index (χ4n) is 2.44. The quantitative estimate of drug-likeness (QED) is 0.682. The van der Waals surface area contributed by atoms with Crippen molar-refractivity contribution in [3.05, 3.63) is 90.0 Å². The molecule has 0 saturated heterocycles. The highest BCUT2D eigenvalue weighted by molar-refractivity contribution is 5.65. The summed E-state index contributed by atoms with van der Waals surface area (Å²) in [5.74, 6) is 0. The summed E-state index contributed by atoms with van der Waals surface area (Å²) in [5.41, 5.74) is 6.26. The fraction of sp³-hybridized carbons (Fsp3) is 0.100. The molecule has 21 heavy (non-hydrogen) atoms. The molecule has 1 heteroatoms. The Morgan fingerprint density at radius 3 is 2.14 bits per heavy atom. The molecule has 0 unspecified atom stereocenters. The van der Waals surface area contributed by atoms with E-state index in [9.17, 15) is 0 Å². The molecule has 0 aromatic heterocycles. The first kappa shape index (κ1) is 13.4. The van der Waals surface area contributed by atoms with Gasteiger partial charge in [0.25, 0.3) is 0 Å². The molecular formula is C20H19N. The number of rotatable bonds is 4. The van der Waals surface area contributed by atoms with E-state index in [0.717, 1.165) is 12.2 Å². The van der Waals surface area contributed by atoms with Crippen LogP contribution in [0, 0.1) is 6.92 Å². The summed E-state index contributed by atoms with van der Waals surface area (Å²) in [4.78, 5) is 0. The maximum atomic E-state index is 3.47. The second-order valence-electron chi connectivity index (χ2n) is 5.29. The van der Waals surface area contributed by atoms with Crippen molar-refractivity contribution in [2.45, 2.75) is 13.5 Å². The molecule has 0 aliphatic rings. The Morgan fingerprint density at radius 2 is 1.43 bits per heavy atom. The minimum Gasteiger partial charge on any atom is -0.381 e. The zero-order chi connectivity index (χ0) is 14.5. The number of hydrogen-bond donors (Lipinski definition) is 1. The smallest absolute Gasteiger partial charge is 0.0400 e. The van der Waals surface area contributed by atoms with E-state index in [4.69, 9.17) is 0 Å². The van der Waals surface area contributed by atoms with Crippen molar-refractivity contribution >= 4 is 5.69 Å². The van der Waals surface area contributed by atoms with Crippen molar-refractivity contribution in [2.75, 3.05) is 5.32 Å². The van der Waals surface area contributed by atoms with Gasteiger partial charge in [-0.25, -0.2) is 0 Å². The maximum Gasteiger partial charge on any atom is 0.0400 e. The Hall–Kier alpha value is -2.54. The first-order valence-electron chi connectivity index (χ1n) is 7.26. The molecule has 104 valence electrons. The van der Waals surface area contributed by atoms with Gasteiger partial charge in [-0.15, -0.1) is 0 Å². The second-order valence-corrected chi connectivity index (χ2v) is 5.29. The molecule has 0 bridgehead atoms. The van der Waals surface area contributed by atoms with Crippen LogP contribution in [0.4, 0.5) is 5.69 Å². The third kappa shape index (κ3) is 3.51. The Morgan fingerprint density at radius 1 is 0.714 bits per heavy atom. The molecule has 0 amide bonds. The van der Waals surface area contributed by atoms with E-state index < -0.39 is 0 Å². The van der Waals surface area contributed by atoms with Gasteiger partial charge in [-0.05, 0) is 35.7 Å². The third-order valence-corrected chi connectivity index (χ3v) is 3.57. The van der Waals surface area contributed by atoms with Crippen LogP contribution in [0.25, 0.3) is 11.1 Å². The summed E-state index contributed by atoms with van der Waals surface area (Å²) in [5, 5.41) is 3.47. The van der Waals surface area contributed by atoms with Gasteiger partial charge in [-0.1, -0.05) is 72.3 Å². The molecule has 1 N–H and O–H groups in total. The van der Waals surface area contributed by atoms with Gasteiger partial charge in [-0.2, -0.15) is 0 Å². The third-order valence-electron chi connectivity index (χ3n) is 3.57. The summed E-state index contributed by atoms with van der Waals surface area (Å²) in [6, 6.07) is 27.6. The number of anilines is 1. The SMILES string of the molecule is Cc1cccc(CNc2ccc(-c3ccccc3)cc2)c1. The van der Waals surface area contributed by atoms with Crippen LogP contribution in [0.1, 0.15) is 11.1 Å². The van der Waals surface area contributed by atoms with Gasteiger partial charge in [-0.3, -0.25) is 0 Å². The van der Waals surface area contributed by atoms with E-state index in [1.54, 1.807) is 0 Å². The molecule has 0 heterocycles. The van der Waals surface area contributed by atoms with Gasteiger partial charge in [0.15, 0.2) is 0 Å². The summed E-state index contributed by atoms with van der Waals surface area (Å²) in [7, 11) is 0. The van der Waals surface area contributed by atoms with Crippen molar-refractivity contribution in [1.29, 1.82) is 0 Å².